The normalized spacial score (nSPS) is 18.2. The summed E-state index contributed by atoms with van der Waals surface area (Å²) in [4.78, 5) is 23.5. The zero-order valence-corrected chi connectivity index (χ0v) is 15.7. The van der Waals surface area contributed by atoms with Crippen molar-refractivity contribution >= 4 is 11.7 Å². The van der Waals surface area contributed by atoms with Crippen LogP contribution in [0, 0.1) is 12.8 Å². The van der Waals surface area contributed by atoms with Crippen LogP contribution in [0.1, 0.15) is 66.5 Å². The van der Waals surface area contributed by atoms with Crippen LogP contribution < -0.4 is 5.73 Å². The van der Waals surface area contributed by atoms with Crippen LogP contribution in [-0.4, -0.2) is 39.0 Å². The highest BCUT2D eigenvalue weighted by atomic mass is 16.5. The highest BCUT2D eigenvalue weighted by Gasteiger charge is 2.28. The monoisotopic (exact) mass is 357 g/mol. The number of nitrogens with two attached hydrogens (primary N) is 1. The molecule has 7 nitrogen and oxygen atoms in total. The second kappa shape index (κ2) is 7.85. The van der Waals surface area contributed by atoms with Gasteiger partial charge in [0.05, 0.1) is 23.8 Å². The molecule has 1 aliphatic heterocycles. The molecule has 0 bridgehead atoms. The molecular weight excluding hydrogens is 330 g/mol. The number of hydrogen-bond donors (Lipinski definition) is 1. The first-order valence-electron chi connectivity index (χ1n) is 9.27. The van der Waals surface area contributed by atoms with E-state index in [1.165, 1.54) is 0 Å². The molecule has 1 unspecified atom stereocenters. The summed E-state index contributed by atoms with van der Waals surface area (Å²) < 4.78 is 5.29. The molecule has 1 atom stereocenters. The summed E-state index contributed by atoms with van der Waals surface area (Å²) in [5.41, 5.74) is 7.95. The van der Waals surface area contributed by atoms with Crippen molar-refractivity contribution < 1.29 is 9.32 Å². The van der Waals surface area contributed by atoms with Gasteiger partial charge in [0, 0.05) is 13.1 Å². The third-order valence-electron chi connectivity index (χ3n) is 5.01. The molecule has 0 saturated carbocycles. The van der Waals surface area contributed by atoms with E-state index < -0.39 is 0 Å². The van der Waals surface area contributed by atoms with Crippen molar-refractivity contribution in [2.24, 2.45) is 5.92 Å². The smallest absolute Gasteiger partial charge is 0.259 e. The van der Waals surface area contributed by atoms with Crippen molar-refractivity contribution in [1.29, 1.82) is 0 Å². The third kappa shape index (κ3) is 4.03. The fourth-order valence-corrected chi connectivity index (χ4v) is 3.54. The first-order valence-corrected chi connectivity index (χ1v) is 9.27. The lowest BCUT2D eigenvalue weighted by atomic mass is 9.95. The predicted octanol–water partition coefficient (Wildman–Crippen LogP) is 2.96. The number of carbonyl (C=O) groups is 1. The first kappa shape index (κ1) is 18.4. The van der Waals surface area contributed by atoms with Gasteiger partial charge in [-0.05, 0) is 44.4 Å². The number of aryl methyl sites for hydroxylation is 1. The van der Waals surface area contributed by atoms with Gasteiger partial charge in [0.2, 0.25) is 0 Å². The predicted molar refractivity (Wildman–Crippen MR) is 98.7 cm³/mol. The minimum absolute atomic E-state index is 0.0420. The number of amides is 1. The fraction of sp³-hybridized carbons (Fsp3) is 0.579. The van der Waals surface area contributed by atoms with E-state index in [1.807, 2.05) is 25.7 Å². The second-order valence-corrected chi connectivity index (χ2v) is 7.38. The van der Waals surface area contributed by atoms with Gasteiger partial charge in [0.1, 0.15) is 17.1 Å². The summed E-state index contributed by atoms with van der Waals surface area (Å²) in [5.74, 6) is 1.75. The van der Waals surface area contributed by atoms with Crippen LogP contribution in [0.15, 0.2) is 16.9 Å². The Kier molecular flexibility index (Phi) is 5.54. The molecule has 2 aromatic heterocycles. The largest absolute Gasteiger partial charge is 0.382 e. The summed E-state index contributed by atoms with van der Waals surface area (Å²) in [5, 5.41) is 4.08. The van der Waals surface area contributed by atoms with E-state index in [2.05, 4.69) is 15.1 Å². The Bertz CT molecular complexity index is 754. The number of nitrogens with zero attached hydrogens (tertiary/aromatic N) is 4. The van der Waals surface area contributed by atoms with Crippen LogP contribution >= 0.6 is 0 Å². The SMILES string of the molecule is Cc1onc(C(C)C)c1C(=O)N1CCCC(Cc2cnc(N)cn2)CC1. The Morgan fingerprint density at radius 1 is 1.31 bits per heavy atom. The number of anilines is 1. The van der Waals surface area contributed by atoms with Crippen molar-refractivity contribution in [3.8, 4) is 0 Å². The van der Waals surface area contributed by atoms with Gasteiger partial charge in [0.15, 0.2) is 0 Å². The van der Waals surface area contributed by atoms with Crippen molar-refractivity contribution in [2.75, 3.05) is 18.8 Å². The average Bonchev–Trinajstić information content (AvgIpc) is 2.85. The Morgan fingerprint density at radius 3 is 2.81 bits per heavy atom. The number of carbonyl (C=O) groups excluding carboxylic acids is 1. The van der Waals surface area contributed by atoms with Crippen LogP contribution in [0.25, 0.3) is 0 Å². The van der Waals surface area contributed by atoms with Crippen molar-refractivity contribution in [2.45, 2.75) is 52.4 Å². The van der Waals surface area contributed by atoms with Gasteiger partial charge in [-0.3, -0.25) is 9.78 Å². The van der Waals surface area contributed by atoms with E-state index in [9.17, 15) is 4.79 Å². The highest BCUT2D eigenvalue weighted by molar-refractivity contribution is 5.96. The highest BCUT2D eigenvalue weighted by Crippen LogP contribution is 2.26. The van der Waals surface area contributed by atoms with E-state index in [0.717, 1.165) is 50.2 Å². The number of nitrogen functional groups attached to an aromatic ring is 1. The molecule has 1 amide bonds. The van der Waals surface area contributed by atoms with Crippen LogP contribution in [-0.2, 0) is 6.42 Å². The maximum atomic E-state index is 13.1. The molecule has 140 valence electrons. The number of likely N-dealkylation sites (tertiary alicyclic amines) is 1. The van der Waals surface area contributed by atoms with Gasteiger partial charge in [0.25, 0.3) is 5.91 Å². The maximum absolute atomic E-state index is 13.1. The van der Waals surface area contributed by atoms with Gasteiger partial charge in [-0.2, -0.15) is 0 Å². The minimum Gasteiger partial charge on any atom is -0.382 e. The zero-order valence-electron chi connectivity index (χ0n) is 15.7. The van der Waals surface area contributed by atoms with E-state index in [4.69, 9.17) is 10.3 Å². The molecule has 3 rings (SSSR count). The van der Waals surface area contributed by atoms with Crippen molar-refractivity contribution in [3.05, 3.63) is 35.1 Å². The molecule has 1 saturated heterocycles. The van der Waals surface area contributed by atoms with Gasteiger partial charge < -0.3 is 15.2 Å². The molecule has 1 fully saturated rings. The Morgan fingerprint density at radius 2 is 2.12 bits per heavy atom. The quantitative estimate of drug-likeness (QED) is 0.903. The van der Waals surface area contributed by atoms with Gasteiger partial charge >= 0.3 is 0 Å². The van der Waals surface area contributed by atoms with E-state index in [-0.39, 0.29) is 11.8 Å². The molecule has 2 aromatic rings. The number of rotatable bonds is 4. The molecule has 1 aliphatic rings. The lowest BCUT2D eigenvalue weighted by Crippen LogP contribution is -2.33. The Balaban J connectivity index is 1.66. The van der Waals surface area contributed by atoms with Crippen LogP contribution in [0.4, 0.5) is 5.82 Å². The van der Waals surface area contributed by atoms with E-state index in [1.54, 1.807) is 12.4 Å². The standard InChI is InChI=1S/C19H27N5O2/c1-12(2)18-17(13(3)26-23-18)19(25)24-7-4-5-14(6-8-24)9-15-10-22-16(20)11-21-15/h10-12,14H,4-9H2,1-3H3,(H2,20,22). The maximum Gasteiger partial charge on any atom is 0.259 e. The van der Waals surface area contributed by atoms with E-state index >= 15 is 0 Å². The summed E-state index contributed by atoms with van der Waals surface area (Å²) in [6.07, 6.45) is 7.25. The number of aromatic nitrogens is 3. The van der Waals surface area contributed by atoms with E-state index in [0.29, 0.717) is 23.1 Å². The second-order valence-electron chi connectivity index (χ2n) is 7.38. The van der Waals surface area contributed by atoms with Crippen molar-refractivity contribution in [3.63, 3.8) is 0 Å². The van der Waals surface area contributed by atoms with Gasteiger partial charge in [-0.25, -0.2) is 4.98 Å². The Labute approximate surface area is 154 Å². The molecule has 0 radical (unpaired) electrons. The zero-order chi connectivity index (χ0) is 18.7. The lowest BCUT2D eigenvalue weighted by Gasteiger charge is -2.21. The topological polar surface area (TPSA) is 98.1 Å². The van der Waals surface area contributed by atoms with Crippen LogP contribution in [0.2, 0.25) is 0 Å². The molecule has 26 heavy (non-hydrogen) atoms. The summed E-state index contributed by atoms with van der Waals surface area (Å²) in [6.45, 7) is 7.38. The third-order valence-corrected chi connectivity index (χ3v) is 5.01. The summed E-state index contributed by atoms with van der Waals surface area (Å²) in [6, 6.07) is 0. The van der Waals surface area contributed by atoms with Crippen molar-refractivity contribution in [1.82, 2.24) is 20.0 Å². The minimum atomic E-state index is 0.0420. The summed E-state index contributed by atoms with van der Waals surface area (Å²) >= 11 is 0. The molecule has 0 aliphatic carbocycles. The molecule has 0 aromatic carbocycles. The van der Waals surface area contributed by atoms with Crippen LogP contribution in [0.5, 0.6) is 0 Å². The average molecular weight is 357 g/mol. The fourth-order valence-electron chi connectivity index (χ4n) is 3.54. The summed E-state index contributed by atoms with van der Waals surface area (Å²) in [7, 11) is 0. The molecular formula is C19H27N5O2. The Hall–Kier alpha value is -2.44. The van der Waals surface area contributed by atoms with Gasteiger partial charge in [-0.1, -0.05) is 19.0 Å². The molecule has 0 spiro atoms. The molecule has 3 heterocycles. The van der Waals surface area contributed by atoms with Crippen LogP contribution in [0.3, 0.4) is 0 Å². The molecule has 7 heteroatoms. The number of hydrogen-bond acceptors (Lipinski definition) is 6. The first-order chi connectivity index (χ1) is 12.5. The molecule has 2 N–H and O–H groups in total. The lowest BCUT2D eigenvalue weighted by molar-refractivity contribution is 0.0757. The van der Waals surface area contributed by atoms with Gasteiger partial charge in [-0.15, -0.1) is 0 Å².